The number of piperidine rings is 1. The molecule has 2 aliphatic heterocycles. The van der Waals surface area contributed by atoms with Crippen LogP contribution in [0.5, 0.6) is 0 Å². The molecule has 0 atom stereocenters. The van der Waals surface area contributed by atoms with Crippen molar-refractivity contribution in [2.45, 2.75) is 18.6 Å². The third-order valence-electron chi connectivity index (χ3n) is 3.44. The predicted octanol–water partition coefficient (Wildman–Crippen LogP) is 1.30. The highest BCUT2D eigenvalue weighted by Gasteiger charge is 2.41. The molecule has 1 spiro atoms. The Balaban J connectivity index is 1.86. The van der Waals surface area contributed by atoms with Crippen LogP contribution in [0, 0.1) is 11.3 Å². The van der Waals surface area contributed by atoms with Gasteiger partial charge in [0.15, 0.2) is 5.79 Å². The second-order valence-electron chi connectivity index (χ2n) is 4.62. The van der Waals surface area contributed by atoms with Crippen molar-refractivity contribution in [2.75, 3.05) is 31.2 Å². The molecule has 5 heteroatoms. The molecular formula is C13H15N3O2. The fraction of sp³-hybridized carbons (Fsp3) is 0.538. The van der Waals surface area contributed by atoms with Gasteiger partial charge in [-0.1, -0.05) is 0 Å². The minimum Gasteiger partial charge on any atom is -0.350 e. The van der Waals surface area contributed by atoms with Gasteiger partial charge in [0.2, 0.25) is 0 Å². The van der Waals surface area contributed by atoms with E-state index in [1.165, 1.54) is 0 Å². The Labute approximate surface area is 106 Å². The first-order valence-corrected chi connectivity index (χ1v) is 6.21. The molecule has 0 saturated carbocycles. The van der Waals surface area contributed by atoms with E-state index in [1.54, 1.807) is 18.3 Å². The number of hydrogen-bond acceptors (Lipinski definition) is 5. The van der Waals surface area contributed by atoms with Crippen LogP contribution >= 0.6 is 0 Å². The quantitative estimate of drug-likeness (QED) is 0.746. The number of anilines is 1. The van der Waals surface area contributed by atoms with E-state index >= 15 is 0 Å². The zero-order chi connectivity index (χ0) is 12.4. The summed E-state index contributed by atoms with van der Waals surface area (Å²) in [6.07, 6.45) is 3.62. The third kappa shape index (κ3) is 1.94. The van der Waals surface area contributed by atoms with E-state index in [9.17, 15) is 0 Å². The Morgan fingerprint density at radius 2 is 2.22 bits per heavy atom. The number of rotatable bonds is 1. The van der Waals surface area contributed by atoms with Crippen molar-refractivity contribution >= 4 is 5.82 Å². The van der Waals surface area contributed by atoms with Gasteiger partial charge in [0.05, 0.1) is 25.3 Å². The number of pyridine rings is 1. The summed E-state index contributed by atoms with van der Waals surface area (Å²) < 4.78 is 11.5. The third-order valence-corrected chi connectivity index (χ3v) is 3.44. The lowest BCUT2D eigenvalue weighted by Gasteiger charge is -2.39. The van der Waals surface area contributed by atoms with Crippen LogP contribution in [-0.4, -0.2) is 37.1 Å². The fourth-order valence-corrected chi connectivity index (χ4v) is 2.64. The van der Waals surface area contributed by atoms with Crippen molar-refractivity contribution in [1.82, 2.24) is 4.98 Å². The molecule has 0 N–H and O–H groups in total. The first-order valence-electron chi connectivity index (χ1n) is 6.21. The zero-order valence-corrected chi connectivity index (χ0v) is 10.1. The summed E-state index contributed by atoms with van der Waals surface area (Å²) in [7, 11) is 0. The summed E-state index contributed by atoms with van der Waals surface area (Å²) in [6.45, 7) is 2.85. The molecule has 2 aliphatic rings. The summed E-state index contributed by atoms with van der Waals surface area (Å²) >= 11 is 0. The average molecular weight is 245 g/mol. The van der Waals surface area contributed by atoms with E-state index in [0.29, 0.717) is 25.3 Å². The van der Waals surface area contributed by atoms with Gasteiger partial charge in [-0.15, -0.1) is 0 Å². The van der Waals surface area contributed by atoms with Gasteiger partial charge >= 0.3 is 0 Å². The van der Waals surface area contributed by atoms with Gasteiger partial charge < -0.3 is 14.4 Å². The van der Waals surface area contributed by atoms with Crippen LogP contribution < -0.4 is 4.90 Å². The van der Waals surface area contributed by atoms with Gasteiger partial charge in [0, 0.05) is 19.2 Å². The summed E-state index contributed by atoms with van der Waals surface area (Å²) in [5.41, 5.74) is 0.604. The highest BCUT2D eigenvalue weighted by Crippen LogP contribution is 2.32. The lowest BCUT2D eigenvalue weighted by atomic mass is 10.0. The number of aromatic nitrogens is 1. The zero-order valence-electron chi connectivity index (χ0n) is 10.1. The maximum absolute atomic E-state index is 9.13. The molecule has 0 radical (unpaired) electrons. The molecule has 2 fully saturated rings. The van der Waals surface area contributed by atoms with Gasteiger partial charge in [-0.2, -0.15) is 5.26 Å². The molecule has 2 saturated heterocycles. The van der Waals surface area contributed by atoms with E-state index < -0.39 is 5.79 Å². The second-order valence-corrected chi connectivity index (χ2v) is 4.62. The highest BCUT2D eigenvalue weighted by molar-refractivity contribution is 5.53. The summed E-state index contributed by atoms with van der Waals surface area (Å²) in [5.74, 6) is 0.251. The Morgan fingerprint density at radius 1 is 1.39 bits per heavy atom. The molecule has 5 nitrogen and oxygen atoms in total. The Morgan fingerprint density at radius 3 is 3.00 bits per heavy atom. The van der Waals surface area contributed by atoms with E-state index in [1.807, 2.05) is 0 Å². The minimum absolute atomic E-state index is 0.484. The largest absolute Gasteiger partial charge is 0.350 e. The topological polar surface area (TPSA) is 58.4 Å². The Kier molecular flexibility index (Phi) is 2.90. The van der Waals surface area contributed by atoms with Crippen LogP contribution in [0.4, 0.5) is 5.82 Å². The Bertz CT molecular complexity index is 477. The minimum atomic E-state index is -0.484. The molecule has 1 aromatic heterocycles. The maximum Gasteiger partial charge on any atom is 0.186 e. The van der Waals surface area contributed by atoms with Gasteiger partial charge in [0.25, 0.3) is 0 Å². The smallest absolute Gasteiger partial charge is 0.186 e. The fourth-order valence-electron chi connectivity index (χ4n) is 2.64. The molecule has 94 valence electrons. The van der Waals surface area contributed by atoms with Crippen LogP contribution in [0.1, 0.15) is 18.4 Å². The van der Waals surface area contributed by atoms with Gasteiger partial charge in [-0.05, 0) is 18.6 Å². The number of ether oxygens (including phenoxy) is 2. The molecule has 0 bridgehead atoms. The van der Waals surface area contributed by atoms with Crippen LogP contribution in [0.3, 0.4) is 0 Å². The van der Waals surface area contributed by atoms with Crippen molar-refractivity contribution in [3.63, 3.8) is 0 Å². The highest BCUT2D eigenvalue weighted by atomic mass is 16.7. The van der Waals surface area contributed by atoms with E-state index in [0.717, 1.165) is 25.2 Å². The molecule has 3 heterocycles. The van der Waals surface area contributed by atoms with E-state index in [2.05, 4.69) is 16.0 Å². The van der Waals surface area contributed by atoms with Crippen molar-refractivity contribution in [1.29, 1.82) is 5.26 Å². The number of nitrogens with zero attached hydrogens (tertiary/aromatic N) is 3. The van der Waals surface area contributed by atoms with Crippen molar-refractivity contribution < 1.29 is 9.47 Å². The summed E-state index contributed by atoms with van der Waals surface area (Å²) in [6, 6.07) is 5.76. The Hall–Kier alpha value is -1.64. The predicted molar refractivity (Wildman–Crippen MR) is 65.0 cm³/mol. The molecule has 0 aromatic carbocycles. The molecule has 0 aliphatic carbocycles. The number of nitriles is 1. The van der Waals surface area contributed by atoms with E-state index in [4.69, 9.17) is 14.7 Å². The standard InChI is InChI=1S/C13H15N3O2/c14-9-11-3-1-5-15-12(11)16-6-2-4-13(10-16)17-7-8-18-13/h1,3,5H,2,4,6-8,10H2. The first-order chi connectivity index (χ1) is 8.83. The maximum atomic E-state index is 9.13. The lowest BCUT2D eigenvalue weighted by Crippen LogP contribution is -2.49. The van der Waals surface area contributed by atoms with Crippen LogP contribution in [0.25, 0.3) is 0 Å². The lowest BCUT2D eigenvalue weighted by molar-refractivity contribution is -0.161. The number of hydrogen-bond donors (Lipinski definition) is 0. The van der Waals surface area contributed by atoms with Crippen molar-refractivity contribution in [3.8, 4) is 6.07 Å². The van der Waals surface area contributed by atoms with Crippen LogP contribution in [-0.2, 0) is 9.47 Å². The van der Waals surface area contributed by atoms with Crippen LogP contribution in [0.15, 0.2) is 18.3 Å². The van der Waals surface area contributed by atoms with Gasteiger partial charge in [0.1, 0.15) is 11.9 Å². The first kappa shape index (κ1) is 11.5. The van der Waals surface area contributed by atoms with Gasteiger partial charge in [-0.25, -0.2) is 4.98 Å². The van der Waals surface area contributed by atoms with Crippen molar-refractivity contribution in [2.24, 2.45) is 0 Å². The van der Waals surface area contributed by atoms with Gasteiger partial charge in [-0.3, -0.25) is 0 Å². The SMILES string of the molecule is N#Cc1cccnc1N1CCCC2(C1)OCCO2. The van der Waals surface area contributed by atoms with E-state index in [-0.39, 0.29) is 0 Å². The summed E-state index contributed by atoms with van der Waals surface area (Å²) in [4.78, 5) is 6.41. The molecular weight excluding hydrogens is 230 g/mol. The molecule has 1 aromatic rings. The normalized spacial score (nSPS) is 22.1. The molecule has 3 rings (SSSR count). The second kappa shape index (κ2) is 4.56. The summed E-state index contributed by atoms with van der Waals surface area (Å²) in [5, 5.41) is 9.13. The molecule has 0 unspecified atom stereocenters. The molecule has 0 amide bonds. The molecule has 18 heavy (non-hydrogen) atoms. The van der Waals surface area contributed by atoms with Crippen molar-refractivity contribution in [3.05, 3.63) is 23.9 Å². The average Bonchev–Trinajstić information content (AvgIpc) is 2.86. The van der Waals surface area contributed by atoms with Crippen LogP contribution in [0.2, 0.25) is 0 Å². The monoisotopic (exact) mass is 245 g/mol.